The van der Waals surface area contributed by atoms with E-state index >= 15 is 4.39 Å². The Morgan fingerprint density at radius 2 is 0.983 bits per heavy atom. The summed E-state index contributed by atoms with van der Waals surface area (Å²) in [5.74, 6) is -0.511. The van der Waals surface area contributed by atoms with Gasteiger partial charge in [-0.25, -0.2) is 0 Å². The summed E-state index contributed by atoms with van der Waals surface area (Å²) in [5.41, 5.74) is 14.8. The predicted molar refractivity (Wildman–Crippen MR) is 233 cm³/mol. The number of aromatic nitrogens is 2. The molecular formula is C54H52FIN2. The van der Waals surface area contributed by atoms with Gasteiger partial charge in [-0.15, -0.1) is 0 Å². The Morgan fingerprint density at radius 3 is 1.41 bits per heavy atom. The van der Waals surface area contributed by atoms with Crippen LogP contribution in [0.5, 0.6) is 0 Å². The number of imidazole rings is 1. The fourth-order valence-corrected chi connectivity index (χ4v) is 11.6. The molecule has 6 aromatic carbocycles. The molecule has 8 aromatic rings. The van der Waals surface area contributed by atoms with Crippen molar-refractivity contribution in [2.75, 3.05) is 0 Å². The van der Waals surface area contributed by atoms with E-state index in [1.54, 1.807) is 0 Å². The molecule has 2 nitrogen and oxygen atoms in total. The number of pyridine rings is 1. The summed E-state index contributed by atoms with van der Waals surface area (Å²) in [6, 6.07) is 57.9. The summed E-state index contributed by atoms with van der Waals surface area (Å²) in [6.45, 7) is 6.86. The Hall–Kier alpha value is -5.33. The Morgan fingerprint density at radius 1 is 0.534 bits per heavy atom. The number of benzene rings is 6. The standard InChI is InChI=1S/C54H52FIN2/c1-4-20-39-33-44(21-5-2)53(45(34-39)22-6-3)50-32-19-31-47-37-57(38-58(47)50)56-54-48(51(40-23-11-7-12-24-40)41-25-13-8-14-26-41)35-46(55)36-49(54)52(42-27-15-9-16-28-42)43-29-17-10-18-30-43/h7-19,23-38,51-52H,4-6,20-22H2,1-3H3. The first-order valence-electron chi connectivity index (χ1n) is 20.9. The van der Waals surface area contributed by atoms with Crippen LogP contribution in [-0.4, -0.2) is 4.40 Å². The van der Waals surface area contributed by atoms with Crippen molar-refractivity contribution >= 4 is 5.52 Å². The first-order chi connectivity index (χ1) is 28.6. The zero-order valence-electron chi connectivity index (χ0n) is 33.8. The van der Waals surface area contributed by atoms with Crippen LogP contribution in [0.3, 0.4) is 0 Å². The molecule has 0 amide bonds. The maximum atomic E-state index is 16.6. The minimum atomic E-state index is -0.904. The van der Waals surface area contributed by atoms with Crippen molar-refractivity contribution in [1.29, 1.82) is 0 Å². The van der Waals surface area contributed by atoms with Crippen LogP contribution in [-0.2, 0) is 19.3 Å². The van der Waals surface area contributed by atoms with E-state index in [0.29, 0.717) is 0 Å². The molecule has 0 radical (unpaired) electrons. The molecular weight excluding hydrogens is 823 g/mol. The van der Waals surface area contributed by atoms with Crippen molar-refractivity contribution in [3.63, 3.8) is 0 Å². The summed E-state index contributed by atoms with van der Waals surface area (Å²) in [7, 11) is 0. The molecule has 0 spiro atoms. The number of hydrogen-bond donors (Lipinski definition) is 0. The van der Waals surface area contributed by atoms with Gasteiger partial charge in [0.05, 0.1) is 0 Å². The zero-order valence-corrected chi connectivity index (χ0v) is 35.9. The van der Waals surface area contributed by atoms with E-state index in [9.17, 15) is 0 Å². The number of fused-ring (bicyclic) bond motifs is 1. The van der Waals surface area contributed by atoms with Gasteiger partial charge in [-0.3, -0.25) is 0 Å². The molecule has 0 aliphatic carbocycles. The molecule has 4 heteroatoms. The average Bonchev–Trinajstić information content (AvgIpc) is 3.67. The number of aryl methyl sites for hydroxylation is 3. The minimum absolute atomic E-state index is 0.151. The molecule has 292 valence electrons. The molecule has 0 unspecified atom stereocenters. The van der Waals surface area contributed by atoms with Gasteiger partial charge in [0, 0.05) is 0 Å². The third-order valence-corrected chi connectivity index (χ3v) is 14.0. The van der Waals surface area contributed by atoms with E-state index < -0.39 is 21.5 Å². The first kappa shape index (κ1) is 39.5. The van der Waals surface area contributed by atoms with E-state index in [-0.39, 0.29) is 17.7 Å². The van der Waals surface area contributed by atoms with E-state index in [1.165, 1.54) is 31.5 Å². The Kier molecular flexibility index (Phi) is 12.6. The van der Waals surface area contributed by atoms with Crippen LogP contribution in [0.4, 0.5) is 4.39 Å². The van der Waals surface area contributed by atoms with Crippen LogP contribution in [0.2, 0.25) is 0 Å². The Bertz CT molecular complexity index is 2370. The van der Waals surface area contributed by atoms with E-state index in [0.717, 1.165) is 77.4 Å². The average molecular weight is 875 g/mol. The maximum absolute atomic E-state index is 16.6. The second-order valence-electron chi connectivity index (χ2n) is 15.3. The SMILES string of the molecule is CCCc1cc(CCC)c(-c2cccc3c[n+]([I-]c4c(C(c5ccccc5)c5ccccc5)cc(F)cc4C(c4ccccc4)c4ccccc4)cn23)c(CCC)c1. The van der Waals surface area contributed by atoms with Gasteiger partial charge in [0.2, 0.25) is 0 Å². The molecule has 0 N–H and O–H groups in total. The molecule has 2 heterocycles. The van der Waals surface area contributed by atoms with E-state index in [2.05, 4.69) is 192 Å². The monoisotopic (exact) mass is 874 g/mol. The van der Waals surface area contributed by atoms with Gasteiger partial charge in [0.25, 0.3) is 0 Å². The van der Waals surface area contributed by atoms with Gasteiger partial charge in [-0.2, -0.15) is 0 Å². The van der Waals surface area contributed by atoms with Crippen molar-refractivity contribution in [2.45, 2.75) is 71.1 Å². The van der Waals surface area contributed by atoms with Crippen molar-refractivity contribution in [2.24, 2.45) is 0 Å². The number of nitrogens with zero attached hydrogens (tertiary/aromatic N) is 2. The molecule has 0 aliphatic rings. The van der Waals surface area contributed by atoms with Crippen LogP contribution in [0.1, 0.15) is 102 Å². The number of hydrogen-bond acceptors (Lipinski definition) is 0. The van der Waals surface area contributed by atoms with Gasteiger partial charge >= 0.3 is 357 Å². The van der Waals surface area contributed by atoms with Crippen molar-refractivity contribution in [1.82, 2.24) is 4.40 Å². The summed E-state index contributed by atoms with van der Waals surface area (Å²) >= 11 is -0.904. The fourth-order valence-electron chi connectivity index (χ4n) is 8.76. The third kappa shape index (κ3) is 8.44. The van der Waals surface area contributed by atoms with E-state index in [4.69, 9.17) is 0 Å². The van der Waals surface area contributed by atoms with Crippen LogP contribution in [0.15, 0.2) is 176 Å². The van der Waals surface area contributed by atoms with Crippen molar-refractivity contribution in [3.05, 3.63) is 236 Å². The molecule has 0 saturated carbocycles. The number of rotatable bonds is 15. The summed E-state index contributed by atoms with van der Waals surface area (Å²) in [6.07, 6.45) is 11.2. The fraction of sp³-hybridized carbons (Fsp3) is 0.204. The normalized spacial score (nSPS) is 11.6. The Labute approximate surface area is 354 Å². The topological polar surface area (TPSA) is 8.29 Å². The molecule has 58 heavy (non-hydrogen) atoms. The predicted octanol–water partition coefficient (Wildman–Crippen LogP) is 9.97. The van der Waals surface area contributed by atoms with Crippen LogP contribution >= 0.6 is 0 Å². The quantitative estimate of drug-likeness (QED) is 0.0717. The van der Waals surface area contributed by atoms with Gasteiger partial charge in [0.1, 0.15) is 0 Å². The number of halogens is 2. The molecule has 0 atom stereocenters. The molecule has 0 aliphatic heterocycles. The van der Waals surface area contributed by atoms with Gasteiger partial charge in [0.15, 0.2) is 0 Å². The van der Waals surface area contributed by atoms with Gasteiger partial charge in [-0.05, 0) is 0 Å². The summed E-state index contributed by atoms with van der Waals surface area (Å²) in [4.78, 5) is 0. The van der Waals surface area contributed by atoms with Crippen LogP contribution in [0.25, 0.3) is 16.8 Å². The molecule has 0 saturated heterocycles. The second kappa shape index (κ2) is 18.5. The molecule has 0 fully saturated rings. The van der Waals surface area contributed by atoms with Gasteiger partial charge in [-0.1, -0.05) is 0 Å². The third-order valence-electron chi connectivity index (χ3n) is 11.2. The van der Waals surface area contributed by atoms with Crippen molar-refractivity contribution < 1.29 is 28.6 Å². The van der Waals surface area contributed by atoms with Gasteiger partial charge < -0.3 is 0 Å². The van der Waals surface area contributed by atoms with E-state index in [1.807, 2.05) is 12.1 Å². The molecule has 8 rings (SSSR count). The summed E-state index contributed by atoms with van der Waals surface area (Å²) in [5, 5.41) is 0. The summed E-state index contributed by atoms with van der Waals surface area (Å²) < 4.78 is 22.7. The van der Waals surface area contributed by atoms with Crippen LogP contribution in [0, 0.1) is 9.39 Å². The molecule has 0 bridgehead atoms. The Balaban J connectivity index is 1.37. The second-order valence-corrected chi connectivity index (χ2v) is 18.0. The molecule has 2 aromatic heterocycles. The zero-order chi connectivity index (χ0) is 39.8. The van der Waals surface area contributed by atoms with Crippen LogP contribution < -0.4 is 24.3 Å². The first-order valence-corrected chi connectivity index (χ1v) is 23.0. The van der Waals surface area contributed by atoms with Crippen molar-refractivity contribution in [3.8, 4) is 11.3 Å².